The lowest BCUT2D eigenvalue weighted by Gasteiger charge is -2.33. The summed E-state index contributed by atoms with van der Waals surface area (Å²) in [7, 11) is 0. The van der Waals surface area contributed by atoms with Crippen LogP contribution in [0.3, 0.4) is 0 Å². The number of hydrogen-bond donors (Lipinski definition) is 1. The van der Waals surface area contributed by atoms with E-state index in [1.54, 1.807) is 6.92 Å². The number of carbonyl (C=O) groups is 1. The van der Waals surface area contributed by atoms with Crippen LogP contribution in [-0.4, -0.2) is 23.2 Å². The number of fused-ring (bicyclic) bond motifs is 1. The van der Waals surface area contributed by atoms with Gasteiger partial charge >= 0.3 is 5.97 Å². The van der Waals surface area contributed by atoms with E-state index in [4.69, 9.17) is 11.6 Å². The average Bonchev–Trinajstić information content (AvgIpc) is 2.65. The van der Waals surface area contributed by atoms with Crippen LogP contribution in [0, 0.1) is 5.92 Å². The number of nitrogens with zero attached hydrogens (tertiary/aromatic N) is 1. The summed E-state index contributed by atoms with van der Waals surface area (Å²) in [5, 5.41) is 9.93. The molecule has 98 valence electrons. The van der Waals surface area contributed by atoms with Crippen molar-refractivity contribution in [3.63, 3.8) is 0 Å². The maximum atomic E-state index is 11.2. The van der Waals surface area contributed by atoms with Crippen LogP contribution in [0.2, 0.25) is 5.02 Å². The summed E-state index contributed by atoms with van der Waals surface area (Å²) in [5.41, 5.74) is 2.27. The Bertz CT molecular complexity index is 473. The van der Waals surface area contributed by atoms with E-state index in [2.05, 4.69) is 18.7 Å². The Balaban J connectivity index is 2.40. The molecule has 0 spiro atoms. The lowest BCUT2D eigenvalue weighted by Crippen LogP contribution is -2.44. The Labute approximate surface area is 112 Å². The van der Waals surface area contributed by atoms with Crippen molar-refractivity contribution in [1.82, 2.24) is 0 Å². The summed E-state index contributed by atoms with van der Waals surface area (Å²) in [5.74, 6) is -1.14. The highest BCUT2D eigenvalue weighted by atomic mass is 35.5. The van der Waals surface area contributed by atoms with Crippen LogP contribution in [0.5, 0.6) is 0 Å². The fraction of sp³-hybridized carbons (Fsp3) is 0.500. The average molecular weight is 268 g/mol. The smallest absolute Gasteiger partial charge is 0.308 e. The zero-order chi connectivity index (χ0) is 13.4. The standard InChI is InChI=1S/C14H18ClNO2/c1-8(2)16-12-5-4-11(15)6-10(12)7-13(16)9(3)14(17)18/h4-6,8-9,13H,7H2,1-3H3,(H,17,18). The molecule has 0 aromatic heterocycles. The Kier molecular flexibility index (Phi) is 3.53. The number of benzene rings is 1. The molecule has 1 aliphatic rings. The van der Waals surface area contributed by atoms with Crippen molar-refractivity contribution in [2.75, 3.05) is 4.90 Å². The molecule has 0 saturated carbocycles. The van der Waals surface area contributed by atoms with Gasteiger partial charge in [0.05, 0.1) is 5.92 Å². The molecule has 1 aromatic rings. The van der Waals surface area contributed by atoms with Crippen LogP contribution in [0.1, 0.15) is 26.3 Å². The monoisotopic (exact) mass is 267 g/mol. The zero-order valence-corrected chi connectivity index (χ0v) is 11.6. The molecule has 18 heavy (non-hydrogen) atoms. The molecule has 0 saturated heterocycles. The summed E-state index contributed by atoms with van der Waals surface area (Å²) >= 11 is 6.01. The molecule has 0 radical (unpaired) electrons. The van der Waals surface area contributed by atoms with Gasteiger partial charge in [-0.25, -0.2) is 0 Å². The van der Waals surface area contributed by atoms with E-state index in [9.17, 15) is 9.90 Å². The van der Waals surface area contributed by atoms with E-state index in [1.807, 2.05) is 18.2 Å². The van der Waals surface area contributed by atoms with Crippen molar-refractivity contribution in [2.45, 2.75) is 39.3 Å². The molecular weight excluding hydrogens is 250 g/mol. The second kappa shape index (κ2) is 4.81. The summed E-state index contributed by atoms with van der Waals surface area (Å²) in [6.07, 6.45) is 0.752. The maximum absolute atomic E-state index is 11.2. The van der Waals surface area contributed by atoms with Gasteiger partial charge < -0.3 is 10.0 Å². The topological polar surface area (TPSA) is 40.5 Å². The minimum atomic E-state index is -0.746. The van der Waals surface area contributed by atoms with E-state index in [1.165, 1.54) is 0 Å². The predicted molar refractivity (Wildman–Crippen MR) is 73.4 cm³/mol. The number of carboxylic acids is 1. The Morgan fingerprint density at radius 3 is 2.67 bits per heavy atom. The third-order valence-corrected chi connectivity index (χ3v) is 3.86. The fourth-order valence-electron chi connectivity index (χ4n) is 2.72. The van der Waals surface area contributed by atoms with E-state index in [0.717, 1.165) is 17.7 Å². The van der Waals surface area contributed by atoms with E-state index < -0.39 is 11.9 Å². The highest BCUT2D eigenvalue weighted by molar-refractivity contribution is 6.30. The number of rotatable bonds is 3. The van der Waals surface area contributed by atoms with Gasteiger partial charge in [-0.1, -0.05) is 11.6 Å². The summed E-state index contributed by atoms with van der Waals surface area (Å²) in [6, 6.07) is 6.09. The number of carboxylic acid groups (broad SMARTS) is 1. The summed E-state index contributed by atoms with van der Waals surface area (Å²) in [4.78, 5) is 13.4. The van der Waals surface area contributed by atoms with Crippen LogP contribution < -0.4 is 4.90 Å². The molecule has 2 unspecified atom stereocenters. The van der Waals surface area contributed by atoms with Gasteiger partial charge in [-0.15, -0.1) is 0 Å². The van der Waals surface area contributed by atoms with Gasteiger partial charge in [-0.3, -0.25) is 4.79 Å². The minimum Gasteiger partial charge on any atom is -0.481 e. The molecular formula is C14H18ClNO2. The van der Waals surface area contributed by atoms with Crippen LogP contribution in [-0.2, 0) is 11.2 Å². The second-order valence-corrected chi connectivity index (χ2v) is 5.61. The summed E-state index contributed by atoms with van der Waals surface area (Å²) in [6.45, 7) is 5.95. The largest absolute Gasteiger partial charge is 0.481 e. The van der Waals surface area contributed by atoms with Gasteiger partial charge in [-0.2, -0.15) is 0 Å². The Morgan fingerprint density at radius 2 is 2.11 bits per heavy atom. The first-order valence-electron chi connectivity index (χ1n) is 6.21. The SMILES string of the molecule is CC(C(=O)O)C1Cc2cc(Cl)ccc2N1C(C)C. The lowest BCUT2D eigenvalue weighted by atomic mass is 9.97. The molecule has 1 aromatic carbocycles. The fourth-order valence-corrected chi connectivity index (χ4v) is 2.91. The van der Waals surface area contributed by atoms with Gasteiger partial charge in [-0.05, 0) is 51.0 Å². The van der Waals surface area contributed by atoms with Crippen molar-refractivity contribution >= 4 is 23.3 Å². The predicted octanol–water partition coefficient (Wildman–Crippen LogP) is 3.20. The highest BCUT2D eigenvalue weighted by Crippen LogP contribution is 2.38. The van der Waals surface area contributed by atoms with E-state index in [-0.39, 0.29) is 12.1 Å². The molecule has 0 aliphatic carbocycles. The van der Waals surface area contributed by atoms with Gasteiger partial charge in [0.1, 0.15) is 0 Å². The van der Waals surface area contributed by atoms with Crippen molar-refractivity contribution in [1.29, 1.82) is 0 Å². The molecule has 2 rings (SSSR count). The Morgan fingerprint density at radius 1 is 1.44 bits per heavy atom. The number of aliphatic carboxylic acids is 1. The normalized spacial score (nSPS) is 20.1. The van der Waals surface area contributed by atoms with Crippen LogP contribution in [0.25, 0.3) is 0 Å². The van der Waals surface area contributed by atoms with Crippen molar-refractivity contribution in [3.05, 3.63) is 28.8 Å². The molecule has 0 fully saturated rings. The minimum absolute atomic E-state index is 0.0102. The first kappa shape index (κ1) is 13.2. The maximum Gasteiger partial charge on any atom is 0.308 e. The van der Waals surface area contributed by atoms with Crippen LogP contribution in [0.4, 0.5) is 5.69 Å². The molecule has 4 heteroatoms. The number of halogens is 1. The number of hydrogen-bond acceptors (Lipinski definition) is 2. The third-order valence-electron chi connectivity index (χ3n) is 3.63. The first-order chi connectivity index (χ1) is 8.41. The molecule has 0 amide bonds. The molecule has 2 atom stereocenters. The molecule has 1 N–H and O–H groups in total. The zero-order valence-electron chi connectivity index (χ0n) is 10.9. The molecule has 3 nitrogen and oxygen atoms in total. The van der Waals surface area contributed by atoms with Gasteiger partial charge in [0.15, 0.2) is 0 Å². The lowest BCUT2D eigenvalue weighted by molar-refractivity contribution is -0.141. The third kappa shape index (κ3) is 2.19. The number of anilines is 1. The van der Waals surface area contributed by atoms with Crippen LogP contribution in [0.15, 0.2) is 18.2 Å². The van der Waals surface area contributed by atoms with Crippen molar-refractivity contribution < 1.29 is 9.90 Å². The Hall–Kier alpha value is -1.22. The first-order valence-corrected chi connectivity index (χ1v) is 6.59. The van der Waals surface area contributed by atoms with E-state index in [0.29, 0.717) is 5.02 Å². The van der Waals surface area contributed by atoms with Crippen LogP contribution >= 0.6 is 11.6 Å². The molecule has 0 bridgehead atoms. The molecule has 1 heterocycles. The van der Waals surface area contributed by atoms with E-state index >= 15 is 0 Å². The highest BCUT2D eigenvalue weighted by Gasteiger charge is 2.37. The second-order valence-electron chi connectivity index (χ2n) is 5.17. The summed E-state index contributed by atoms with van der Waals surface area (Å²) < 4.78 is 0. The molecule has 1 aliphatic heterocycles. The van der Waals surface area contributed by atoms with Crippen molar-refractivity contribution in [3.8, 4) is 0 Å². The van der Waals surface area contributed by atoms with Gasteiger partial charge in [0.25, 0.3) is 0 Å². The van der Waals surface area contributed by atoms with Gasteiger partial charge in [0.2, 0.25) is 0 Å². The quantitative estimate of drug-likeness (QED) is 0.914. The van der Waals surface area contributed by atoms with Gasteiger partial charge in [0, 0.05) is 22.8 Å². The van der Waals surface area contributed by atoms with Crippen molar-refractivity contribution in [2.24, 2.45) is 5.92 Å².